The zero-order chi connectivity index (χ0) is 15.6. The van der Waals surface area contributed by atoms with E-state index in [0.29, 0.717) is 12.5 Å². The minimum atomic E-state index is -0.796. The van der Waals surface area contributed by atoms with Crippen LogP contribution in [0.4, 0.5) is 0 Å². The van der Waals surface area contributed by atoms with Crippen LogP contribution in [-0.2, 0) is 9.59 Å². The molecule has 1 atom stereocenters. The molecule has 1 rings (SSSR count). The van der Waals surface area contributed by atoms with Crippen LogP contribution in [0.15, 0.2) is 0 Å². The second kappa shape index (κ2) is 6.15. The van der Waals surface area contributed by atoms with E-state index in [4.69, 9.17) is 0 Å². The lowest BCUT2D eigenvalue weighted by Crippen LogP contribution is -2.72. The summed E-state index contributed by atoms with van der Waals surface area (Å²) in [6, 6.07) is 0. The highest BCUT2D eigenvalue weighted by molar-refractivity contribution is 6.01. The van der Waals surface area contributed by atoms with Gasteiger partial charge in [-0.25, -0.2) is 0 Å². The first-order chi connectivity index (χ1) is 9.16. The summed E-state index contributed by atoms with van der Waals surface area (Å²) in [4.78, 5) is 26.7. The minimum absolute atomic E-state index is 0.0250. The highest BCUT2D eigenvalue weighted by Gasteiger charge is 2.50. The molecule has 1 aliphatic heterocycles. The van der Waals surface area contributed by atoms with Gasteiger partial charge in [-0.15, -0.1) is 0 Å². The molecule has 20 heavy (non-hydrogen) atoms. The van der Waals surface area contributed by atoms with Crippen LogP contribution >= 0.6 is 0 Å². The van der Waals surface area contributed by atoms with Gasteiger partial charge in [-0.05, 0) is 40.0 Å². The van der Waals surface area contributed by atoms with Gasteiger partial charge in [0.2, 0.25) is 11.8 Å². The fourth-order valence-electron chi connectivity index (χ4n) is 2.69. The number of amides is 2. The Balaban J connectivity index is 2.92. The second-order valence-corrected chi connectivity index (χ2v) is 6.97. The summed E-state index contributed by atoms with van der Waals surface area (Å²) >= 11 is 0. The minimum Gasteiger partial charge on any atom is -0.340 e. The molecule has 0 aliphatic carbocycles. The van der Waals surface area contributed by atoms with Gasteiger partial charge in [0.05, 0.1) is 0 Å². The average Bonchev–Trinajstić information content (AvgIpc) is 2.36. The van der Waals surface area contributed by atoms with Gasteiger partial charge in [-0.2, -0.15) is 0 Å². The lowest BCUT2D eigenvalue weighted by atomic mass is 9.87. The van der Waals surface area contributed by atoms with Crippen LogP contribution in [0.5, 0.6) is 0 Å². The summed E-state index contributed by atoms with van der Waals surface area (Å²) in [5.41, 5.74) is -1.55. The molecule has 1 unspecified atom stereocenters. The van der Waals surface area contributed by atoms with E-state index in [1.54, 1.807) is 18.7 Å². The number of rotatable bonds is 6. The fourth-order valence-corrected chi connectivity index (χ4v) is 2.69. The number of nitrogens with one attached hydrogen (secondary N) is 1. The Hall–Kier alpha value is -1.06. The molecule has 116 valence electrons. The van der Waals surface area contributed by atoms with Crippen molar-refractivity contribution in [3.05, 3.63) is 0 Å². The zero-order valence-corrected chi connectivity index (χ0v) is 13.9. The molecule has 0 spiro atoms. The van der Waals surface area contributed by atoms with Crippen LogP contribution in [0.2, 0.25) is 0 Å². The van der Waals surface area contributed by atoms with Crippen molar-refractivity contribution in [1.29, 1.82) is 0 Å². The molecule has 0 bridgehead atoms. The van der Waals surface area contributed by atoms with Crippen molar-refractivity contribution in [2.75, 3.05) is 6.54 Å². The average molecular weight is 282 g/mol. The van der Waals surface area contributed by atoms with E-state index >= 15 is 0 Å². The Morgan fingerprint density at radius 1 is 1.15 bits per heavy atom. The van der Waals surface area contributed by atoms with Gasteiger partial charge in [0, 0.05) is 6.54 Å². The van der Waals surface area contributed by atoms with Crippen LogP contribution < -0.4 is 5.32 Å². The number of carbonyl (C=O) groups excluding carboxylic acids is 2. The maximum atomic E-state index is 12.6. The summed E-state index contributed by atoms with van der Waals surface area (Å²) in [6.45, 7) is 12.3. The van der Waals surface area contributed by atoms with Crippen molar-refractivity contribution in [3.63, 3.8) is 0 Å². The van der Waals surface area contributed by atoms with Crippen molar-refractivity contribution in [3.8, 4) is 0 Å². The standard InChI is InChI=1S/C16H30N2O2/c1-7-9-10-12(8-2)11-18-14(20)15(3,4)17-13(19)16(18,5)6/h12H,7-11H2,1-6H3,(H,17,19). The lowest BCUT2D eigenvalue weighted by molar-refractivity contribution is -0.160. The molecule has 1 heterocycles. The van der Waals surface area contributed by atoms with Crippen molar-refractivity contribution >= 4 is 11.8 Å². The summed E-state index contributed by atoms with van der Waals surface area (Å²) in [6.07, 6.45) is 4.51. The predicted molar refractivity (Wildman–Crippen MR) is 81.3 cm³/mol. The predicted octanol–water partition coefficient (Wildman–Crippen LogP) is 2.72. The fraction of sp³-hybridized carbons (Fsp3) is 0.875. The quantitative estimate of drug-likeness (QED) is 0.814. The number of piperazine rings is 1. The van der Waals surface area contributed by atoms with Crippen LogP contribution in [0.3, 0.4) is 0 Å². The van der Waals surface area contributed by atoms with Crippen molar-refractivity contribution in [2.24, 2.45) is 5.92 Å². The first kappa shape index (κ1) is 17.0. The summed E-state index contributed by atoms with van der Waals surface area (Å²) in [5.74, 6) is 0.435. The molecule has 4 nitrogen and oxygen atoms in total. The molecule has 0 aromatic rings. The van der Waals surface area contributed by atoms with Crippen molar-refractivity contribution in [2.45, 2.75) is 78.3 Å². The van der Waals surface area contributed by atoms with Crippen LogP contribution in [-0.4, -0.2) is 34.3 Å². The maximum Gasteiger partial charge on any atom is 0.248 e. The molecule has 1 fully saturated rings. The largest absolute Gasteiger partial charge is 0.340 e. The van der Waals surface area contributed by atoms with E-state index in [-0.39, 0.29) is 11.8 Å². The third kappa shape index (κ3) is 3.33. The molecule has 0 radical (unpaired) electrons. The molecule has 0 aromatic heterocycles. The molecular formula is C16H30N2O2. The SMILES string of the molecule is CCCCC(CC)CN1C(=O)C(C)(C)NC(=O)C1(C)C. The van der Waals surface area contributed by atoms with Crippen molar-refractivity contribution < 1.29 is 9.59 Å². The molecule has 1 N–H and O–H groups in total. The Labute approximate surface area is 123 Å². The van der Waals surface area contributed by atoms with E-state index in [0.717, 1.165) is 12.8 Å². The van der Waals surface area contributed by atoms with Gasteiger partial charge in [-0.1, -0.05) is 33.1 Å². The van der Waals surface area contributed by atoms with Gasteiger partial charge >= 0.3 is 0 Å². The number of carbonyl (C=O) groups is 2. The Morgan fingerprint density at radius 3 is 2.25 bits per heavy atom. The Bertz CT molecular complexity index is 375. The topological polar surface area (TPSA) is 49.4 Å². The van der Waals surface area contributed by atoms with E-state index in [9.17, 15) is 9.59 Å². The van der Waals surface area contributed by atoms with Crippen LogP contribution in [0.25, 0.3) is 0 Å². The molecule has 0 aromatic carbocycles. The van der Waals surface area contributed by atoms with E-state index < -0.39 is 11.1 Å². The summed E-state index contributed by atoms with van der Waals surface area (Å²) in [5, 5.41) is 2.83. The van der Waals surface area contributed by atoms with Gasteiger partial charge in [-0.3, -0.25) is 9.59 Å². The first-order valence-electron chi connectivity index (χ1n) is 7.81. The smallest absolute Gasteiger partial charge is 0.248 e. The molecule has 2 amide bonds. The van der Waals surface area contributed by atoms with E-state index in [2.05, 4.69) is 19.2 Å². The summed E-state index contributed by atoms with van der Waals surface area (Å²) < 4.78 is 0. The molecule has 4 heteroatoms. The normalized spacial score (nSPS) is 22.6. The van der Waals surface area contributed by atoms with Gasteiger partial charge < -0.3 is 10.2 Å². The van der Waals surface area contributed by atoms with E-state index in [1.807, 2.05) is 13.8 Å². The third-order valence-electron chi connectivity index (χ3n) is 4.42. The molecule has 1 saturated heterocycles. The van der Waals surface area contributed by atoms with Crippen LogP contribution in [0.1, 0.15) is 67.2 Å². The highest BCUT2D eigenvalue weighted by atomic mass is 16.2. The molecule has 0 saturated carbocycles. The number of hydrogen-bond acceptors (Lipinski definition) is 2. The van der Waals surface area contributed by atoms with Gasteiger partial charge in [0.25, 0.3) is 0 Å². The monoisotopic (exact) mass is 282 g/mol. The molecular weight excluding hydrogens is 252 g/mol. The molecule has 1 aliphatic rings. The number of hydrogen-bond donors (Lipinski definition) is 1. The third-order valence-corrected chi connectivity index (χ3v) is 4.42. The van der Waals surface area contributed by atoms with Gasteiger partial charge in [0.15, 0.2) is 0 Å². The van der Waals surface area contributed by atoms with Gasteiger partial charge in [0.1, 0.15) is 11.1 Å². The lowest BCUT2D eigenvalue weighted by Gasteiger charge is -2.48. The van der Waals surface area contributed by atoms with Crippen molar-refractivity contribution in [1.82, 2.24) is 10.2 Å². The number of unbranched alkanes of at least 4 members (excludes halogenated alkanes) is 1. The van der Waals surface area contributed by atoms with E-state index in [1.165, 1.54) is 12.8 Å². The first-order valence-corrected chi connectivity index (χ1v) is 7.81. The second-order valence-electron chi connectivity index (χ2n) is 6.97. The Morgan fingerprint density at radius 2 is 1.75 bits per heavy atom. The Kier molecular flexibility index (Phi) is 5.22. The maximum absolute atomic E-state index is 12.6. The highest BCUT2D eigenvalue weighted by Crippen LogP contribution is 2.28. The zero-order valence-electron chi connectivity index (χ0n) is 13.9. The number of nitrogens with zero attached hydrogens (tertiary/aromatic N) is 1. The van der Waals surface area contributed by atoms with Crippen LogP contribution in [0, 0.1) is 5.92 Å². The summed E-state index contributed by atoms with van der Waals surface area (Å²) in [7, 11) is 0.